The SMILES string of the molecule is CC(C)C1CN(C(=O)C=CC(=O)O)c2cccc(C3CCCCC3)c2O1. The second kappa shape index (κ2) is 7.94. The van der Waals surface area contributed by atoms with Gasteiger partial charge in [-0.25, -0.2) is 4.79 Å². The summed E-state index contributed by atoms with van der Waals surface area (Å²) >= 11 is 0. The van der Waals surface area contributed by atoms with Gasteiger partial charge in [0.1, 0.15) is 11.9 Å². The Kier molecular flexibility index (Phi) is 5.64. The first-order chi connectivity index (χ1) is 12.5. The average molecular weight is 357 g/mol. The number of fused-ring (bicyclic) bond motifs is 1. The molecule has 5 nitrogen and oxygen atoms in total. The van der Waals surface area contributed by atoms with Gasteiger partial charge in [-0.05, 0) is 36.3 Å². The molecule has 1 atom stereocenters. The van der Waals surface area contributed by atoms with E-state index in [9.17, 15) is 9.59 Å². The summed E-state index contributed by atoms with van der Waals surface area (Å²) in [6, 6.07) is 5.99. The molecule has 1 aliphatic carbocycles. The molecule has 1 aromatic rings. The number of benzene rings is 1. The lowest BCUT2D eigenvalue weighted by Gasteiger charge is -2.38. The van der Waals surface area contributed by atoms with Crippen molar-refractivity contribution in [2.45, 2.75) is 58.0 Å². The molecule has 1 N–H and O–H groups in total. The van der Waals surface area contributed by atoms with Crippen LogP contribution in [0.3, 0.4) is 0 Å². The van der Waals surface area contributed by atoms with Crippen molar-refractivity contribution in [1.82, 2.24) is 0 Å². The topological polar surface area (TPSA) is 66.8 Å². The Morgan fingerprint density at radius 2 is 1.92 bits per heavy atom. The molecule has 1 amide bonds. The highest BCUT2D eigenvalue weighted by molar-refractivity contribution is 6.05. The van der Waals surface area contributed by atoms with E-state index in [1.807, 2.05) is 12.1 Å². The molecule has 0 radical (unpaired) electrons. The van der Waals surface area contributed by atoms with Crippen LogP contribution in [0.2, 0.25) is 0 Å². The Bertz CT molecular complexity index is 704. The summed E-state index contributed by atoms with van der Waals surface area (Å²) in [5, 5.41) is 8.83. The van der Waals surface area contributed by atoms with Gasteiger partial charge in [0.15, 0.2) is 0 Å². The van der Waals surface area contributed by atoms with Crippen LogP contribution in [0.15, 0.2) is 30.4 Å². The summed E-state index contributed by atoms with van der Waals surface area (Å²) in [5.74, 6) is 0.0884. The fourth-order valence-electron chi connectivity index (χ4n) is 3.87. The Morgan fingerprint density at radius 1 is 1.19 bits per heavy atom. The van der Waals surface area contributed by atoms with Crippen LogP contribution in [0.5, 0.6) is 5.75 Å². The van der Waals surface area contributed by atoms with Crippen molar-refractivity contribution in [3.05, 3.63) is 35.9 Å². The molecule has 5 heteroatoms. The zero-order valence-electron chi connectivity index (χ0n) is 15.5. The first-order valence-corrected chi connectivity index (χ1v) is 9.49. The van der Waals surface area contributed by atoms with Gasteiger partial charge in [0, 0.05) is 12.2 Å². The number of rotatable bonds is 4. The normalized spacial score (nSPS) is 20.9. The van der Waals surface area contributed by atoms with E-state index < -0.39 is 5.97 Å². The summed E-state index contributed by atoms with van der Waals surface area (Å²) in [5.41, 5.74) is 1.94. The number of amides is 1. The van der Waals surface area contributed by atoms with Gasteiger partial charge in [0.05, 0.1) is 12.2 Å². The highest BCUT2D eigenvalue weighted by Gasteiger charge is 2.33. The lowest BCUT2D eigenvalue weighted by molar-refractivity contribution is -0.131. The van der Waals surface area contributed by atoms with E-state index in [-0.39, 0.29) is 17.9 Å². The molecule has 0 spiro atoms. The number of hydrogen-bond acceptors (Lipinski definition) is 3. The fraction of sp³-hybridized carbons (Fsp3) is 0.524. The van der Waals surface area contributed by atoms with E-state index in [1.54, 1.807) is 4.90 Å². The molecule has 1 heterocycles. The summed E-state index contributed by atoms with van der Waals surface area (Å²) in [7, 11) is 0. The standard InChI is InChI=1S/C21H27NO4/c1-14(2)18-13-22(19(23)11-12-20(24)25)17-10-6-9-16(21(17)26-18)15-7-4-3-5-8-15/h6,9-12,14-15,18H,3-5,7-8,13H2,1-2H3,(H,24,25). The van der Waals surface area contributed by atoms with E-state index in [0.29, 0.717) is 12.5 Å². The molecule has 1 fully saturated rings. The lowest BCUT2D eigenvalue weighted by atomic mass is 9.83. The van der Waals surface area contributed by atoms with Crippen molar-refractivity contribution in [2.75, 3.05) is 11.4 Å². The number of ether oxygens (including phenoxy) is 1. The molecule has 3 rings (SSSR count). The van der Waals surface area contributed by atoms with Crippen molar-refractivity contribution in [2.24, 2.45) is 5.92 Å². The van der Waals surface area contributed by atoms with Crippen LogP contribution in [0.4, 0.5) is 5.69 Å². The Labute approximate surface area is 154 Å². The van der Waals surface area contributed by atoms with Gasteiger partial charge in [-0.2, -0.15) is 0 Å². The smallest absolute Gasteiger partial charge is 0.328 e. The van der Waals surface area contributed by atoms with Gasteiger partial charge in [-0.1, -0.05) is 45.2 Å². The van der Waals surface area contributed by atoms with Crippen LogP contribution in [0.1, 0.15) is 57.4 Å². The van der Waals surface area contributed by atoms with E-state index in [2.05, 4.69) is 19.9 Å². The van der Waals surface area contributed by atoms with Gasteiger partial charge in [-0.3, -0.25) is 4.79 Å². The van der Waals surface area contributed by atoms with E-state index >= 15 is 0 Å². The summed E-state index contributed by atoms with van der Waals surface area (Å²) in [6.07, 6.45) is 7.96. The van der Waals surface area contributed by atoms with Crippen molar-refractivity contribution in [3.8, 4) is 5.75 Å². The van der Waals surface area contributed by atoms with Crippen LogP contribution in [0.25, 0.3) is 0 Å². The maximum Gasteiger partial charge on any atom is 0.328 e. The number of anilines is 1. The maximum absolute atomic E-state index is 12.6. The molecule has 1 aliphatic heterocycles. The molecule has 0 aromatic heterocycles. The zero-order valence-corrected chi connectivity index (χ0v) is 15.5. The molecule has 1 unspecified atom stereocenters. The van der Waals surface area contributed by atoms with Crippen LogP contribution in [0, 0.1) is 5.92 Å². The van der Waals surface area contributed by atoms with E-state index in [4.69, 9.17) is 9.84 Å². The number of aliphatic carboxylic acids is 1. The van der Waals surface area contributed by atoms with Gasteiger partial charge in [-0.15, -0.1) is 0 Å². The number of carboxylic acid groups (broad SMARTS) is 1. The van der Waals surface area contributed by atoms with Gasteiger partial charge >= 0.3 is 5.97 Å². The van der Waals surface area contributed by atoms with E-state index in [1.165, 1.54) is 24.8 Å². The summed E-state index contributed by atoms with van der Waals surface area (Å²) in [4.78, 5) is 25.1. The number of hydrogen-bond donors (Lipinski definition) is 1. The fourth-order valence-corrected chi connectivity index (χ4v) is 3.87. The first-order valence-electron chi connectivity index (χ1n) is 9.49. The Hall–Kier alpha value is -2.30. The van der Waals surface area contributed by atoms with Crippen molar-refractivity contribution >= 4 is 17.6 Å². The average Bonchev–Trinajstić information content (AvgIpc) is 2.65. The molecule has 1 saturated carbocycles. The lowest BCUT2D eigenvalue weighted by Crippen LogP contribution is -2.45. The predicted octanol–water partition coefficient (Wildman–Crippen LogP) is 4.13. The second-order valence-corrected chi connectivity index (χ2v) is 7.55. The summed E-state index contributed by atoms with van der Waals surface area (Å²) in [6.45, 7) is 4.59. The van der Waals surface area contributed by atoms with Crippen LogP contribution >= 0.6 is 0 Å². The molecular formula is C21H27NO4. The second-order valence-electron chi connectivity index (χ2n) is 7.55. The number of nitrogens with zero attached hydrogens (tertiary/aromatic N) is 1. The molecule has 140 valence electrons. The number of carbonyl (C=O) groups is 2. The van der Waals surface area contributed by atoms with Gasteiger partial charge in [0.25, 0.3) is 5.91 Å². The molecule has 0 bridgehead atoms. The number of carboxylic acids is 1. The third kappa shape index (κ3) is 3.92. The third-order valence-electron chi connectivity index (χ3n) is 5.37. The van der Waals surface area contributed by atoms with Crippen LogP contribution < -0.4 is 9.64 Å². The highest BCUT2D eigenvalue weighted by atomic mass is 16.5. The molecule has 26 heavy (non-hydrogen) atoms. The molecule has 1 aromatic carbocycles. The van der Waals surface area contributed by atoms with Crippen molar-refractivity contribution in [1.29, 1.82) is 0 Å². The molecular weight excluding hydrogens is 330 g/mol. The van der Waals surface area contributed by atoms with Crippen molar-refractivity contribution in [3.63, 3.8) is 0 Å². The number of carbonyl (C=O) groups excluding carboxylic acids is 1. The molecule has 0 saturated heterocycles. The third-order valence-corrected chi connectivity index (χ3v) is 5.37. The maximum atomic E-state index is 12.6. The van der Waals surface area contributed by atoms with Crippen LogP contribution in [-0.4, -0.2) is 29.6 Å². The highest BCUT2D eigenvalue weighted by Crippen LogP contribution is 2.45. The molecule has 2 aliphatic rings. The largest absolute Gasteiger partial charge is 0.486 e. The van der Waals surface area contributed by atoms with Crippen molar-refractivity contribution < 1.29 is 19.4 Å². The van der Waals surface area contributed by atoms with Gasteiger partial charge in [0.2, 0.25) is 0 Å². The monoisotopic (exact) mass is 357 g/mol. The summed E-state index contributed by atoms with van der Waals surface area (Å²) < 4.78 is 6.35. The minimum absolute atomic E-state index is 0.102. The van der Waals surface area contributed by atoms with Gasteiger partial charge < -0.3 is 14.7 Å². The predicted molar refractivity (Wildman–Crippen MR) is 101 cm³/mol. The minimum atomic E-state index is -1.12. The Morgan fingerprint density at radius 3 is 2.58 bits per heavy atom. The first kappa shape index (κ1) is 18.5. The minimum Gasteiger partial charge on any atom is -0.486 e. The van der Waals surface area contributed by atoms with E-state index in [0.717, 1.165) is 36.4 Å². The number of para-hydroxylation sites is 1. The van der Waals surface area contributed by atoms with Crippen LogP contribution in [-0.2, 0) is 9.59 Å². The quantitative estimate of drug-likeness (QED) is 0.823. The zero-order chi connectivity index (χ0) is 18.7. The Balaban J connectivity index is 1.99.